The summed E-state index contributed by atoms with van der Waals surface area (Å²) in [5.74, 6) is 0. The van der Waals surface area contributed by atoms with Gasteiger partial charge in [0.05, 0.1) is 0 Å². The van der Waals surface area contributed by atoms with Crippen LogP contribution in [0.3, 0.4) is 0 Å². The van der Waals surface area contributed by atoms with Crippen molar-refractivity contribution in [3.63, 3.8) is 0 Å². The van der Waals surface area contributed by atoms with Gasteiger partial charge in [-0.05, 0) is 17.2 Å². The Balaban J connectivity index is 0.000000673. The van der Waals surface area contributed by atoms with Crippen molar-refractivity contribution in [3.8, 4) is 0 Å². The second-order valence-corrected chi connectivity index (χ2v) is 4.07. The summed E-state index contributed by atoms with van der Waals surface area (Å²) in [7, 11) is 0. The van der Waals surface area contributed by atoms with E-state index in [2.05, 4.69) is 0 Å². The van der Waals surface area contributed by atoms with Crippen molar-refractivity contribution >= 4 is 35.3 Å². The van der Waals surface area contributed by atoms with Gasteiger partial charge in [0.25, 0.3) is 0 Å². The normalized spacial score (nSPS) is 14.2. The monoisotopic (exact) mass is 349 g/mol. The summed E-state index contributed by atoms with van der Waals surface area (Å²) in [6.07, 6.45) is 0.630. The fourth-order valence-corrected chi connectivity index (χ4v) is 1.54. The average molecular weight is 347 g/mol. The van der Waals surface area contributed by atoms with Crippen LogP contribution in [0, 0.1) is 0 Å². The Morgan fingerprint density at radius 1 is 1.44 bits per heavy atom. The maximum absolute atomic E-state index is 10.3. The molecule has 0 radical (unpaired) electrons. The first kappa shape index (κ1) is 15.6. The average Bonchev–Trinajstić information content (AvgIpc) is 2.67. The number of carboxylic acid groups (broad SMARTS) is 1. The van der Waals surface area contributed by atoms with Crippen LogP contribution < -0.4 is 10.5 Å². The molecule has 1 heterocycles. The number of rotatable bonds is 1. The van der Waals surface area contributed by atoms with Crippen LogP contribution in [0.25, 0.3) is 0 Å². The van der Waals surface area contributed by atoms with Crippen molar-refractivity contribution in [2.45, 2.75) is 12.8 Å². The first-order chi connectivity index (χ1) is 7.52. The minimum absolute atomic E-state index is 0.0612. The summed E-state index contributed by atoms with van der Waals surface area (Å²) in [6.45, 7) is 1.52. The predicted molar refractivity (Wildman–Crippen MR) is 52.5 cm³/mol. The topological polar surface area (TPSA) is 92.8 Å². The van der Waals surface area contributed by atoms with Crippen molar-refractivity contribution in [3.05, 3.63) is 0 Å². The van der Waals surface area contributed by atoms with Gasteiger partial charge in [0.2, 0.25) is 0 Å². The Morgan fingerprint density at radius 2 is 1.88 bits per heavy atom. The third kappa shape index (κ3) is 6.26. The molecule has 0 aromatic heterocycles. The molecule has 10 heteroatoms. The van der Waals surface area contributed by atoms with Gasteiger partial charge < -0.3 is 34.7 Å². The molecule has 1 aliphatic rings. The van der Waals surface area contributed by atoms with E-state index in [1.807, 2.05) is 5.43 Å². The number of nitrogens with zero attached hydrogens (tertiary/aromatic N) is 2. The second kappa shape index (κ2) is 8.74. The van der Waals surface area contributed by atoms with Crippen molar-refractivity contribution in [1.29, 1.82) is 0 Å². The Kier molecular flexibility index (Phi) is 8.54. The zero-order valence-corrected chi connectivity index (χ0v) is 11.7. The Morgan fingerprint density at radius 3 is 2.19 bits per heavy atom. The van der Waals surface area contributed by atoms with Gasteiger partial charge in [0.15, 0.2) is 6.09 Å². The molecule has 1 N–H and O–H groups in total. The number of amides is 1. The zero-order chi connectivity index (χ0) is 12.6. The molecule has 16 heavy (non-hydrogen) atoms. The van der Waals surface area contributed by atoms with E-state index in [0.29, 0.717) is 0 Å². The molecule has 0 unspecified atom stereocenters. The second-order valence-electron chi connectivity index (χ2n) is 2.71. The summed E-state index contributed by atoms with van der Waals surface area (Å²) in [4.78, 5) is 10.3. The molecule has 0 aliphatic carbocycles. The molecule has 7 nitrogen and oxygen atoms in total. The van der Waals surface area contributed by atoms with Gasteiger partial charge in [-0.25, -0.2) is 10.1 Å². The van der Waals surface area contributed by atoms with Crippen LogP contribution in [0.15, 0.2) is 0 Å². The van der Waals surface area contributed by atoms with E-state index in [1.165, 1.54) is 5.12 Å². The van der Waals surface area contributed by atoms with E-state index in [4.69, 9.17) is 31.6 Å². The quantitative estimate of drug-likeness (QED) is 0.272. The molecule has 0 aromatic rings. The summed E-state index contributed by atoms with van der Waals surface area (Å²) < 4.78 is 17.1. The standard InChI is InChI=1S/C6H11N3O2S2.Mo.2O/c10-5(11)7-9(6(12)13)8-3-1-2-4-8;;;/h7H,1-4H2,(H,10,11)(H,12,13);;;/q;+2;;/p-2. The van der Waals surface area contributed by atoms with Gasteiger partial charge in [-0.15, -0.1) is 0 Å². The third-order valence-electron chi connectivity index (χ3n) is 1.74. The van der Waals surface area contributed by atoms with Crippen molar-refractivity contribution in [2.75, 3.05) is 13.1 Å². The molecule has 1 rings (SSSR count). The number of hydrazine groups is 2. The van der Waals surface area contributed by atoms with Gasteiger partial charge >= 0.3 is 25.3 Å². The summed E-state index contributed by atoms with van der Waals surface area (Å²) in [6, 6.07) is 0. The fraction of sp³-hybridized carbons (Fsp3) is 0.667. The van der Waals surface area contributed by atoms with Crippen LogP contribution in [-0.2, 0) is 37.9 Å². The Labute approximate surface area is 112 Å². The van der Waals surface area contributed by atoms with Crippen LogP contribution in [-0.4, -0.2) is 33.6 Å². The SMILES string of the molecule is O=C([O-])NN(C(=S)[S-])N1CCCC1.[O]=[Mo+2]=[O]. The van der Waals surface area contributed by atoms with Crippen LogP contribution in [0.2, 0.25) is 0 Å². The number of hydrogen-bond donors (Lipinski definition) is 1. The van der Waals surface area contributed by atoms with Crippen molar-refractivity contribution in [1.82, 2.24) is 15.6 Å². The van der Waals surface area contributed by atoms with E-state index in [0.717, 1.165) is 25.9 Å². The van der Waals surface area contributed by atoms with Gasteiger partial charge in [-0.1, -0.05) is 0 Å². The minimum atomic E-state index is -2.03. The maximum atomic E-state index is 10.3. The molecule has 0 aromatic carbocycles. The molecule has 0 atom stereocenters. The van der Waals surface area contributed by atoms with E-state index in [1.54, 1.807) is 5.01 Å². The number of hydrogen-bond acceptors (Lipinski definition) is 7. The van der Waals surface area contributed by atoms with E-state index in [-0.39, 0.29) is 4.32 Å². The van der Waals surface area contributed by atoms with E-state index in [9.17, 15) is 9.90 Å². The van der Waals surface area contributed by atoms with Crippen LogP contribution in [0.1, 0.15) is 12.8 Å². The van der Waals surface area contributed by atoms with Crippen molar-refractivity contribution in [2.24, 2.45) is 0 Å². The number of nitrogens with one attached hydrogen (secondary N) is 1. The van der Waals surface area contributed by atoms with Crippen LogP contribution in [0.4, 0.5) is 4.79 Å². The molecule has 0 bridgehead atoms. The molecular weight excluding hydrogens is 338 g/mol. The molecular formula is C6H9MoN3O4S2. The summed E-state index contributed by atoms with van der Waals surface area (Å²) >= 11 is 7.40. The van der Waals surface area contributed by atoms with Crippen LogP contribution in [0.5, 0.6) is 0 Å². The first-order valence-corrected chi connectivity index (χ1v) is 6.63. The summed E-state index contributed by atoms with van der Waals surface area (Å²) in [5.41, 5.74) is 2.04. The van der Waals surface area contributed by atoms with Crippen molar-refractivity contribution < 1.29 is 35.2 Å². The van der Waals surface area contributed by atoms with Crippen LogP contribution >= 0.6 is 12.2 Å². The molecule has 0 saturated carbocycles. The molecule has 1 saturated heterocycles. The Hall–Kier alpha value is -0.372. The fourth-order valence-electron chi connectivity index (χ4n) is 1.22. The van der Waals surface area contributed by atoms with Gasteiger partial charge in [0.1, 0.15) is 0 Å². The molecule has 90 valence electrons. The number of thiocarbonyl (C=S) groups is 1. The van der Waals surface area contributed by atoms with E-state index >= 15 is 0 Å². The van der Waals surface area contributed by atoms with Gasteiger partial charge in [-0.3, -0.25) is 5.43 Å². The molecule has 0 spiro atoms. The zero-order valence-electron chi connectivity index (χ0n) is 8.08. The Bertz CT molecular complexity index is 291. The predicted octanol–water partition coefficient (Wildman–Crippen LogP) is -1.26. The van der Waals surface area contributed by atoms with E-state index < -0.39 is 24.6 Å². The third-order valence-corrected chi connectivity index (χ3v) is 2.08. The van der Waals surface area contributed by atoms with Gasteiger partial charge in [0, 0.05) is 13.1 Å². The molecule has 1 aliphatic heterocycles. The number of carbonyl (C=O) groups excluding carboxylic acids is 1. The number of carbonyl (C=O) groups is 1. The molecule has 1 fully saturated rings. The first-order valence-electron chi connectivity index (χ1n) is 4.18. The summed E-state index contributed by atoms with van der Waals surface area (Å²) in [5, 5.41) is 13.2. The van der Waals surface area contributed by atoms with Gasteiger partial charge in [-0.2, -0.15) is 0 Å². The molecule has 1 amide bonds.